The summed E-state index contributed by atoms with van der Waals surface area (Å²) in [6.45, 7) is 8.42. The molecule has 0 amide bonds. The zero-order valence-corrected chi connectivity index (χ0v) is 11.7. The Morgan fingerprint density at radius 3 is 2.53 bits per heavy atom. The second kappa shape index (κ2) is 5.85. The quantitative estimate of drug-likeness (QED) is 0.642. The van der Waals surface area contributed by atoms with Gasteiger partial charge >= 0.3 is 0 Å². The van der Waals surface area contributed by atoms with Crippen molar-refractivity contribution >= 4 is 11.8 Å². The van der Waals surface area contributed by atoms with Crippen molar-refractivity contribution in [1.82, 2.24) is 5.43 Å². The van der Waals surface area contributed by atoms with Gasteiger partial charge in [-0.05, 0) is 30.2 Å². The molecule has 1 aromatic carbocycles. The number of nitrogens with two attached hydrogens (primary N) is 1. The van der Waals surface area contributed by atoms with Gasteiger partial charge in [0, 0.05) is 10.5 Å². The van der Waals surface area contributed by atoms with E-state index in [0.717, 1.165) is 16.9 Å². The zero-order chi connectivity index (χ0) is 13.1. The lowest BCUT2D eigenvalue weighted by molar-refractivity contribution is 0.595. The lowest BCUT2D eigenvalue weighted by atomic mass is 10.0. The Morgan fingerprint density at radius 1 is 1.41 bits per heavy atom. The van der Waals surface area contributed by atoms with Crippen molar-refractivity contribution in [2.45, 2.75) is 38.5 Å². The molecule has 0 saturated carbocycles. The number of hydrogen-bond donors (Lipinski definition) is 2. The highest BCUT2D eigenvalue weighted by molar-refractivity contribution is 8.00. The predicted molar refractivity (Wildman–Crippen MR) is 73.4 cm³/mol. The molecule has 0 aliphatic rings. The molecule has 1 unspecified atom stereocenters. The second-order valence-corrected chi connectivity index (χ2v) is 6.99. The number of nitrogens with one attached hydrogen (secondary N) is 1. The normalized spacial score (nSPS) is 13.8. The molecule has 0 saturated heterocycles. The Balaban J connectivity index is 2.79. The molecule has 0 aliphatic carbocycles. The molecule has 3 N–H and O–H groups in total. The second-order valence-electron chi connectivity index (χ2n) is 5.14. The van der Waals surface area contributed by atoms with Gasteiger partial charge in [-0.1, -0.05) is 26.8 Å². The smallest absolute Gasteiger partial charge is 0.123 e. The van der Waals surface area contributed by atoms with Crippen LogP contribution in [0.1, 0.15) is 37.9 Å². The number of rotatable bonds is 4. The van der Waals surface area contributed by atoms with Crippen LogP contribution >= 0.6 is 11.8 Å². The number of benzene rings is 1. The molecule has 0 radical (unpaired) electrons. The van der Waals surface area contributed by atoms with Crippen LogP contribution in [0.25, 0.3) is 0 Å². The van der Waals surface area contributed by atoms with Crippen molar-refractivity contribution in [2.75, 3.05) is 5.75 Å². The zero-order valence-electron chi connectivity index (χ0n) is 10.9. The fraction of sp³-hybridized carbons (Fsp3) is 0.538. The maximum Gasteiger partial charge on any atom is 0.123 e. The minimum absolute atomic E-state index is 0.0554. The van der Waals surface area contributed by atoms with Crippen LogP contribution in [0.2, 0.25) is 0 Å². The Bertz CT molecular complexity index is 374. The SMILES string of the molecule is Cc1cc(F)ccc1C(CSC(C)(C)C)NN. The van der Waals surface area contributed by atoms with Crippen LogP contribution in [-0.2, 0) is 0 Å². The van der Waals surface area contributed by atoms with Crippen LogP contribution in [0.15, 0.2) is 18.2 Å². The van der Waals surface area contributed by atoms with Gasteiger partial charge in [-0.25, -0.2) is 4.39 Å². The molecule has 1 atom stereocenters. The van der Waals surface area contributed by atoms with Crippen LogP contribution in [0.3, 0.4) is 0 Å². The fourth-order valence-electron chi connectivity index (χ4n) is 1.59. The Hall–Kier alpha value is -0.580. The van der Waals surface area contributed by atoms with Crippen LogP contribution < -0.4 is 11.3 Å². The van der Waals surface area contributed by atoms with Crippen molar-refractivity contribution in [3.63, 3.8) is 0 Å². The summed E-state index contributed by atoms with van der Waals surface area (Å²) in [5.41, 5.74) is 4.80. The van der Waals surface area contributed by atoms with E-state index >= 15 is 0 Å². The van der Waals surface area contributed by atoms with E-state index in [1.807, 2.05) is 18.7 Å². The summed E-state index contributed by atoms with van der Waals surface area (Å²) >= 11 is 1.84. The molecule has 0 spiro atoms. The third kappa shape index (κ3) is 4.66. The summed E-state index contributed by atoms with van der Waals surface area (Å²) in [6.07, 6.45) is 0. The van der Waals surface area contributed by atoms with Gasteiger partial charge in [-0.3, -0.25) is 11.3 Å². The van der Waals surface area contributed by atoms with E-state index in [1.165, 1.54) is 6.07 Å². The number of hydrazine groups is 1. The molecule has 0 aliphatic heterocycles. The fourth-order valence-corrected chi connectivity index (χ4v) is 2.53. The topological polar surface area (TPSA) is 38.0 Å². The van der Waals surface area contributed by atoms with E-state index in [9.17, 15) is 4.39 Å². The third-order valence-electron chi connectivity index (χ3n) is 2.49. The summed E-state index contributed by atoms with van der Waals surface area (Å²) < 4.78 is 13.2. The van der Waals surface area contributed by atoms with Crippen LogP contribution in [0, 0.1) is 12.7 Å². The van der Waals surface area contributed by atoms with E-state index in [4.69, 9.17) is 5.84 Å². The van der Waals surface area contributed by atoms with Gasteiger partial charge in [0.25, 0.3) is 0 Å². The largest absolute Gasteiger partial charge is 0.271 e. The Labute approximate surface area is 107 Å². The molecule has 96 valence electrons. The van der Waals surface area contributed by atoms with E-state index < -0.39 is 0 Å². The van der Waals surface area contributed by atoms with Gasteiger partial charge in [0.05, 0.1) is 6.04 Å². The maximum atomic E-state index is 13.0. The van der Waals surface area contributed by atoms with Gasteiger partial charge in [-0.15, -0.1) is 0 Å². The standard InChI is InChI=1S/C13H21FN2S/c1-9-7-10(14)5-6-11(9)12(16-15)8-17-13(2,3)4/h5-7,12,16H,8,15H2,1-4H3. The summed E-state index contributed by atoms with van der Waals surface area (Å²) in [4.78, 5) is 0. The molecule has 0 bridgehead atoms. The van der Waals surface area contributed by atoms with Crippen molar-refractivity contribution in [3.8, 4) is 0 Å². The van der Waals surface area contributed by atoms with Gasteiger partial charge in [0.15, 0.2) is 0 Å². The molecular formula is C13H21FN2S. The number of thioether (sulfide) groups is 1. The van der Waals surface area contributed by atoms with Crippen LogP contribution in [0.5, 0.6) is 0 Å². The lowest BCUT2D eigenvalue weighted by Gasteiger charge is -2.23. The molecule has 17 heavy (non-hydrogen) atoms. The maximum absolute atomic E-state index is 13.0. The number of aryl methyl sites for hydroxylation is 1. The molecule has 0 aromatic heterocycles. The highest BCUT2D eigenvalue weighted by Gasteiger charge is 2.17. The first kappa shape index (κ1) is 14.5. The number of halogens is 1. The van der Waals surface area contributed by atoms with Gasteiger partial charge in [0.1, 0.15) is 5.82 Å². The molecule has 4 heteroatoms. The molecule has 0 heterocycles. The van der Waals surface area contributed by atoms with Gasteiger partial charge in [-0.2, -0.15) is 11.8 Å². The third-order valence-corrected chi connectivity index (χ3v) is 3.86. The van der Waals surface area contributed by atoms with E-state index in [0.29, 0.717) is 0 Å². The molecule has 1 aromatic rings. The van der Waals surface area contributed by atoms with E-state index in [2.05, 4.69) is 26.2 Å². The van der Waals surface area contributed by atoms with Crippen LogP contribution in [0.4, 0.5) is 4.39 Å². The average Bonchev–Trinajstić information content (AvgIpc) is 2.19. The lowest BCUT2D eigenvalue weighted by Crippen LogP contribution is -2.31. The van der Waals surface area contributed by atoms with Crippen molar-refractivity contribution in [1.29, 1.82) is 0 Å². The first-order valence-corrected chi connectivity index (χ1v) is 6.68. The first-order chi connectivity index (χ1) is 7.83. The van der Waals surface area contributed by atoms with Gasteiger partial charge < -0.3 is 0 Å². The van der Waals surface area contributed by atoms with Crippen molar-refractivity contribution < 1.29 is 4.39 Å². The highest BCUT2D eigenvalue weighted by Crippen LogP contribution is 2.29. The predicted octanol–water partition coefficient (Wildman–Crippen LogP) is 3.17. The van der Waals surface area contributed by atoms with Gasteiger partial charge in [0.2, 0.25) is 0 Å². The Morgan fingerprint density at radius 2 is 2.06 bits per heavy atom. The average molecular weight is 256 g/mol. The van der Waals surface area contributed by atoms with E-state index in [-0.39, 0.29) is 16.6 Å². The molecule has 1 rings (SSSR count). The minimum Gasteiger partial charge on any atom is -0.271 e. The monoisotopic (exact) mass is 256 g/mol. The molecular weight excluding hydrogens is 235 g/mol. The number of hydrogen-bond acceptors (Lipinski definition) is 3. The molecule has 2 nitrogen and oxygen atoms in total. The summed E-state index contributed by atoms with van der Waals surface area (Å²) in [6, 6.07) is 4.88. The van der Waals surface area contributed by atoms with Crippen molar-refractivity contribution in [3.05, 3.63) is 35.1 Å². The molecule has 0 fully saturated rings. The Kier molecular flexibility index (Phi) is 4.98. The summed E-state index contributed by atoms with van der Waals surface area (Å²) in [5.74, 6) is 6.25. The summed E-state index contributed by atoms with van der Waals surface area (Å²) in [7, 11) is 0. The minimum atomic E-state index is -0.203. The van der Waals surface area contributed by atoms with Crippen LogP contribution in [-0.4, -0.2) is 10.5 Å². The van der Waals surface area contributed by atoms with Crippen molar-refractivity contribution in [2.24, 2.45) is 5.84 Å². The van der Waals surface area contributed by atoms with E-state index in [1.54, 1.807) is 12.1 Å². The first-order valence-electron chi connectivity index (χ1n) is 5.69. The highest BCUT2D eigenvalue weighted by atomic mass is 32.2. The summed E-state index contributed by atoms with van der Waals surface area (Å²) in [5, 5.41) is 0.